The fraction of sp³-hybridized carbons (Fsp3) is 0.412. The van der Waals surface area contributed by atoms with Gasteiger partial charge in [-0.2, -0.15) is 5.26 Å². The maximum Gasteiger partial charge on any atom is 0.170 e. The molecule has 0 amide bonds. The van der Waals surface area contributed by atoms with Crippen LogP contribution < -0.4 is 9.47 Å². The minimum atomic E-state index is -0.253. The van der Waals surface area contributed by atoms with E-state index in [1.54, 1.807) is 31.4 Å². The van der Waals surface area contributed by atoms with Gasteiger partial charge in [0, 0.05) is 0 Å². The lowest BCUT2D eigenvalue weighted by Crippen LogP contribution is -1.99. The molecular formula is C17H21NO3. The number of hydrogen-bond donors (Lipinski definition) is 0. The Morgan fingerprint density at radius 2 is 2.10 bits per heavy atom. The molecule has 0 aromatic heterocycles. The summed E-state index contributed by atoms with van der Waals surface area (Å²) in [4.78, 5) is 11.3. The van der Waals surface area contributed by atoms with Crippen molar-refractivity contribution < 1.29 is 14.3 Å². The number of Topliss-reactive ketones (excluding diaryl/α,β-unsaturated/α-hetero) is 1. The second-order valence-electron chi connectivity index (χ2n) is 4.69. The molecule has 0 saturated carbocycles. The molecule has 4 nitrogen and oxygen atoms in total. The first kappa shape index (κ1) is 16.8. The van der Waals surface area contributed by atoms with Gasteiger partial charge in [-0.3, -0.25) is 4.79 Å². The Morgan fingerprint density at radius 1 is 1.33 bits per heavy atom. The predicted octanol–water partition coefficient (Wildman–Crippen LogP) is 3.76. The standard InChI is InChI=1S/C17H21NO3/c1-4-5-6-9-21-16-8-7-14(11-17(16)20-3)10-15(12-18)13(2)19/h7-8,10-11H,4-6,9H2,1-3H3. The fourth-order valence-corrected chi connectivity index (χ4v) is 1.81. The summed E-state index contributed by atoms with van der Waals surface area (Å²) in [5.41, 5.74) is 0.855. The molecular weight excluding hydrogens is 266 g/mol. The van der Waals surface area contributed by atoms with Crippen molar-refractivity contribution in [1.82, 2.24) is 0 Å². The van der Waals surface area contributed by atoms with E-state index in [2.05, 4.69) is 6.92 Å². The van der Waals surface area contributed by atoms with Crippen LogP contribution >= 0.6 is 0 Å². The Bertz CT molecular complexity index is 556. The van der Waals surface area contributed by atoms with Crippen molar-refractivity contribution in [2.75, 3.05) is 13.7 Å². The molecule has 0 radical (unpaired) electrons. The first-order chi connectivity index (χ1) is 10.1. The number of ketones is 1. The minimum absolute atomic E-state index is 0.119. The minimum Gasteiger partial charge on any atom is -0.493 e. The lowest BCUT2D eigenvalue weighted by molar-refractivity contribution is -0.113. The van der Waals surface area contributed by atoms with Gasteiger partial charge in [0.05, 0.1) is 19.3 Å². The van der Waals surface area contributed by atoms with Crippen molar-refractivity contribution >= 4 is 11.9 Å². The Kier molecular flexibility index (Phi) is 7.03. The van der Waals surface area contributed by atoms with E-state index in [-0.39, 0.29) is 11.4 Å². The second kappa shape index (κ2) is 8.80. The smallest absolute Gasteiger partial charge is 0.170 e. The van der Waals surface area contributed by atoms with Gasteiger partial charge in [0.2, 0.25) is 0 Å². The van der Waals surface area contributed by atoms with Crippen molar-refractivity contribution in [3.63, 3.8) is 0 Å². The van der Waals surface area contributed by atoms with Gasteiger partial charge < -0.3 is 9.47 Å². The van der Waals surface area contributed by atoms with Gasteiger partial charge >= 0.3 is 0 Å². The highest BCUT2D eigenvalue weighted by atomic mass is 16.5. The van der Waals surface area contributed by atoms with Crippen LogP contribution in [0.2, 0.25) is 0 Å². The van der Waals surface area contributed by atoms with Gasteiger partial charge in [0.15, 0.2) is 17.3 Å². The van der Waals surface area contributed by atoms with Gasteiger partial charge in [-0.25, -0.2) is 0 Å². The number of hydrogen-bond acceptors (Lipinski definition) is 4. The van der Waals surface area contributed by atoms with Crippen LogP contribution in [0.15, 0.2) is 23.8 Å². The highest BCUT2D eigenvalue weighted by Gasteiger charge is 2.07. The molecule has 21 heavy (non-hydrogen) atoms. The van der Waals surface area contributed by atoms with Gasteiger partial charge in [0.25, 0.3) is 0 Å². The molecule has 0 aliphatic heterocycles. The molecule has 0 fully saturated rings. The quantitative estimate of drug-likeness (QED) is 0.415. The van der Waals surface area contributed by atoms with Gasteiger partial charge in [-0.05, 0) is 37.1 Å². The number of rotatable bonds is 8. The van der Waals surface area contributed by atoms with Crippen LogP contribution in [-0.2, 0) is 4.79 Å². The summed E-state index contributed by atoms with van der Waals surface area (Å²) in [6.07, 6.45) is 4.83. The molecule has 0 spiro atoms. The number of nitriles is 1. The van der Waals surface area contributed by atoms with Crippen molar-refractivity contribution in [3.05, 3.63) is 29.3 Å². The molecule has 4 heteroatoms. The van der Waals surface area contributed by atoms with Crippen molar-refractivity contribution in [2.24, 2.45) is 0 Å². The Labute approximate surface area is 126 Å². The summed E-state index contributed by atoms with van der Waals surface area (Å²) in [6, 6.07) is 7.25. The lowest BCUT2D eigenvalue weighted by Gasteiger charge is -2.11. The summed E-state index contributed by atoms with van der Waals surface area (Å²) in [6.45, 7) is 4.16. The number of methoxy groups -OCH3 is 1. The molecule has 0 atom stereocenters. The molecule has 0 aliphatic carbocycles. The van der Waals surface area contributed by atoms with Crippen LogP contribution in [0.3, 0.4) is 0 Å². The first-order valence-corrected chi connectivity index (χ1v) is 7.06. The molecule has 0 unspecified atom stereocenters. The monoisotopic (exact) mass is 287 g/mol. The van der Waals surface area contributed by atoms with Crippen LogP contribution in [0, 0.1) is 11.3 Å². The molecule has 0 saturated heterocycles. The van der Waals surface area contributed by atoms with E-state index in [9.17, 15) is 4.79 Å². The van der Waals surface area contributed by atoms with Gasteiger partial charge in [-0.1, -0.05) is 25.8 Å². The largest absolute Gasteiger partial charge is 0.493 e. The van der Waals surface area contributed by atoms with Gasteiger partial charge in [0.1, 0.15) is 6.07 Å². The molecule has 1 aromatic carbocycles. The lowest BCUT2D eigenvalue weighted by atomic mass is 10.1. The maximum absolute atomic E-state index is 11.3. The molecule has 0 aliphatic rings. The number of nitrogens with zero attached hydrogens (tertiary/aromatic N) is 1. The average molecular weight is 287 g/mol. The summed E-state index contributed by atoms with van der Waals surface area (Å²) < 4.78 is 11.0. The summed E-state index contributed by atoms with van der Waals surface area (Å²) in [5, 5.41) is 8.91. The number of carbonyl (C=O) groups excluding carboxylic acids is 1. The average Bonchev–Trinajstić information content (AvgIpc) is 2.49. The van der Waals surface area contributed by atoms with Crippen LogP contribution in [-0.4, -0.2) is 19.5 Å². The van der Waals surface area contributed by atoms with Crippen molar-refractivity contribution in [2.45, 2.75) is 33.1 Å². The maximum atomic E-state index is 11.3. The van der Waals surface area contributed by atoms with E-state index in [1.807, 2.05) is 6.07 Å². The van der Waals surface area contributed by atoms with Crippen LogP contribution in [0.1, 0.15) is 38.7 Å². The topological polar surface area (TPSA) is 59.3 Å². The second-order valence-corrected chi connectivity index (χ2v) is 4.69. The van der Waals surface area contributed by atoms with E-state index in [1.165, 1.54) is 6.92 Å². The van der Waals surface area contributed by atoms with E-state index in [0.717, 1.165) is 24.8 Å². The Hall–Kier alpha value is -2.28. The Morgan fingerprint density at radius 3 is 2.67 bits per heavy atom. The number of allylic oxidation sites excluding steroid dienone is 1. The van der Waals surface area contributed by atoms with Crippen LogP contribution in [0.4, 0.5) is 0 Å². The third kappa shape index (κ3) is 5.31. The molecule has 112 valence electrons. The zero-order valence-corrected chi connectivity index (χ0v) is 12.8. The third-order valence-corrected chi connectivity index (χ3v) is 3.00. The molecule has 0 N–H and O–H groups in total. The van der Waals surface area contributed by atoms with Crippen molar-refractivity contribution in [1.29, 1.82) is 5.26 Å². The molecule has 1 rings (SSSR count). The number of carbonyl (C=O) groups is 1. The number of ether oxygens (including phenoxy) is 2. The van der Waals surface area contributed by atoms with Crippen molar-refractivity contribution in [3.8, 4) is 17.6 Å². The predicted molar refractivity (Wildman–Crippen MR) is 82.3 cm³/mol. The fourth-order valence-electron chi connectivity index (χ4n) is 1.81. The van der Waals surface area contributed by atoms with E-state index >= 15 is 0 Å². The first-order valence-electron chi connectivity index (χ1n) is 7.06. The SMILES string of the molecule is CCCCCOc1ccc(C=C(C#N)C(C)=O)cc1OC. The van der Waals surface area contributed by atoms with Gasteiger partial charge in [-0.15, -0.1) is 0 Å². The highest BCUT2D eigenvalue weighted by molar-refractivity contribution is 6.01. The normalized spacial score (nSPS) is 10.9. The summed E-state index contributed by atoms with van der Waals surface area (Å²) in [7, 11) is 1.57. The highest BCUT2D eigenvalue weighted by Crippen LogP contribution is 2.29. The third-order valence-electron chi connectivity index (χ3n) is 3.00. The number of unbranched alkanes of at least 4 members (excludes halogenated alkanes) is 2. The van der Waals surface area contributed by atoms with E-state index in [0.29, 0.717) is 18.1 Å². The molecule has 0 bridgehead atoms. The molecule has 1 aromatic rings. The Balaban J connectivity index is 2.88. The van der Waals surface area contributed by atoms with E-state index in [4.69, 9.17) is 14.7 Å². The van der Waals surface area contributed by atoms with E-state index < -0.39 is 0 Å². The van der Waals surface area contributed by atoms with Crippen LogP contribution in [0.25, 0.3) is 6.08 Å². The number of benzene rings is 1. The zero-order chi connectivity index (χ0) is 15.7. The summed E-state index contributed by atoms with van der Waals surface area (Å²) >= 11 is 0. The van der Waals surface area contributed by atoms with Crippen LogP contribution in [0.5, 0.6) is 11.5 Å². The zero-order valence-electron chi connectivity index (χ0n) is 12.8. The summed E-state index contributed by atoms with van der Waals surface area (Å²) in [5.74, 6) is 1.02. The molecule has 0 heterocycles.